The Hall–Kier alpha value is -4.96. The first-order chi connectivity index (χ1) is 20.4. The predicted molar refractivity (Wildman–Crippen MR) is 162 cm³/mol. The van der Waals surface area contributed by atoms with Gasteiger partial charge in [0, 0.05) is 24.4 Å². The van der Waals surface area contributed by atoms with Gasteiger partial charge >= 0.3 is 17.9 Å². The van der Waals surface area contributed by atoms with Crippen molar-refractivity contribution in [1.82, 2.24) is 0 Å². The van der Waals surface area contributed by atoms with E-state index in [1.165, 1.54) is 6.08 Å². The highest BCUT2D eigenvalue weighted by molar-refractivity contribution is 9.10. The second-order valence-electron chi connectivity index (χ2n) is 8.21. The Labute approximate surface area is 251 Å². The van der Waals surface area contributed by atoms with E-state index in [1.807, 2.05) is 12.1 Å². The van der Waals surface area contributed by atoms with Crippen LogP contribution in [-0.4, -0.2) is 50.6 Å². The lowest BCUT2D eigenvalue weighted by Crippen LogP contribution is -2.10. The molecule has 0 aliphatic heterocycles. The molecule has 0 N–H and O–H groups in total. The Bertz CT molecular complexity index is 1450. The van der Waals surface area contributed by atoms with E-state index >= 15 is 0 Å². The highest BCUT2D eigenvalue weighted by Gasteiger charge is 2.07. The first-order valence-corrected chi connectivity index (χ1v) is 13.4. The normalized spacial score (nSPS) is 10.7. The highest BCUT2D eigenvalue weighted by Crippen LogP contribution is 2.29. The smallest absolute Gasteiger partial charge is 0.336 e. The van der Waals surface area contributed by atoms with Crippen molar-refractivity contribution in [3.63, 3.8) is 0 Å². The summed E-state index contributed by atoms with van der Waals surface area (Å²) in [5.74, 6) is 0.0485. The van der Waals surface area contributed by atoms with Gasteiger partial charge in [-0.15, -0.1) is 0 Å². The van der Waals surface area contributed by atoms with Crippen LogP contribution in [-0.2, 0) is 23.9 Å². The molecule has 3 aromatic rings. The third-order valence-electron chi connectivity index (χ3n) is 5.19. The van der Waals surface area contributed by atoms with E-state index in [2.05, 4.69) is 34.1 Å². The van der Waals surface area contributed by atoms with Gasteiger partial charge in [0.05, 0.1) is 10.2 Å². The van der Waals surface area contributed by atoms with Crippen LogP contribution in [0.25, 0.3) is 6.08 Å². The summed E-state index contributed by atoms with van der Waals surface area (Å²) in [6.07, 6.45) is 6.83. The maximum absolute atomic E-state index is 12.3. The van der Waals surface area contributed by atoms with Crippen molar-refractivity contribution in [2.75, 3.05) is 26.4 Å². The molecule has 0 unspecified atom stereocenters. The molecular weight excluding hydrogens is 606 g/mol. The van der Waals surface area contributed by atoms with Gasteiger partial charge in [0.2, 0.25) is 0 Å². The van der Waals surface area contributed by atoms with E-state index in [4.69, 9.17) is 23.7 Å². The van der Waals surface area contributed by atoms with E-state index in [0.29, 0.717) is 27.4 Å². The first kappa shape index (κ1) is 31.6. The molecule has 0 radical (unpaired) electrons. The molecule has 0 aliphatic carbocycles. The molecule has 42 heavy (non-hydrogen) atoms. The Morgan fingerprint density at radius 3 is 1.79 bits per heavy atom. The minimum Gasteiger partial charge on any atom is -0.490 e. The van der Waals surface area contributed by atoms with E-state index in [9.17, 15) is 14.4 Å². The summed E-state index contributed by atoms with van der Waals surface area (Å²) in [6.45, 7) is 7.35. The van der Waals surface area contributed by atoms with Crippen molar-refractivity contribution in [2.45, 2.75) is 0 Å². The van der Waals surface area contributed by atoms with Crippen LogP contribution in [0.3, 0.4) is 0 Å². The number of rotatable bonds is 15. The zero-order valence-corrected chi connectivity index (χ0v) is 24.2. The molecule has 3 rings (SSSR count). The summed E-state index contributed by atoms with van der Waals surface area (Å²) in [7, 11) is 0. The minimum absolute atomic E-state index is 0.116. The van der Waals surface area contributed by atoms with Gasteiger partial charge in [-0.2, -0.15) is 0 Å². The summed E-state index contributed by atoms with van der Waals surface area (Å²) in [5.41, 5.74) is 2.28. The van der Waals surface area contributed by atoms with Crippen molar-refractivity contribution < 1.29 is 38.1 Å². The van der Waals surface area contributed by atoms with Gasteiger partial charge in [-0.05, 0) is 87.7 Å². The summed E-state index contributed by atoms with van der Waals surface area (Å²) >= 11 is 3.42. The molecule has 3 aromatic carbocycles. The lowest BCUT2D eigenvalue weighted by Gasteiger charge is -2.07. The Balaban J connectivity index is 1.45. The minimum atomic E-state index is -0.544. The molecule has 0 aliphatic rings. The lowest BCUT2D eigenvalue weighted by atomic mass is 10.2. The number of benzene rings is 3. The Morgan fingerprint density at radius 1 is 0.714 bits per heavy atom. The van der Waals surface area contributed by atoms with Crippen LogP contribution in [0, 0.1) is 0 Å². The third kappa shape index (κ3) is 11.3. The van der Waals surface area contributed by atoms with Crippen molar-refractivity contribution >= 4 is 51.8 Å². The monoisotopic (exact) mass is 633 g/mol. The largest absolute Gasteiger partial charge is 0.490 e. The number of carbonyl (C=O) groups is 3. The fraction of sp³-hybridized carbons (Fsp3) is 0.125. The molecule has 0 aromatic heterocycles. The Morgan fingerprint density at radius 2 is 1.26 bits per heavy atom. The van der Waals surface area contributed by atoms with E-state index in [0.717, 1.165) is 23.3 Å². The number of carbonyl (C=O) groups excluding carboxylic acids is 3. The van der Waals surface area contributed by atoms with Gasteiger partial charge in [0.1, 0.15) is 43.7 Å². The number of aliphatic imine (C=N–C) groups is 1. The first-order valence-electron chi connectivity index (χ1n) is 12.6. The average molecular weight is 634 g/mol. The lowest BCUT2D eigenvalue weighted by molar-refractivity contribution is -0.139. The van der Waals surface area contributed by atoms with E-state index in [1.54, 1.807) is 66.9 Å². The number of nitrogens with zero attached hydrogens (tertiary/aromatic N) is 1. The summed E-state index contributed by atoms with van der Waals surface area (Å²) in [5, 5.41) is 0. The molecule has 0 amide bonds. The van der Waals surface area contributed by atoms with Crippen LogP contribution in [0.1, 0.15) is 11.1 Å². The number of ether oxygens (including phenoxy) is 5. The van der Waals surface area contributed by atoms with Gasteiger partial charge in [-0.1, -0.05) is 25.3 Å². The molecule has 0 spiro atoms. The Kier molecular flexibility index (Phi) is 12.8. The molecule has 10 heteroatoms. The zero-order valence-electron chi connectivity index (χ0n) is 22.6. The van der Waals surface area contributed by atoms with Crippen molar-refractivity contribution in [2.24, 2.45) is 4.99 Å². The van der Waals surface area contributed by atoms with Crippen molar-refractivity contribution in [3.05, 3.63) is 114 Å². The van der Waals surface area contributed by atoms with Gasteiger partial charge in [0.15, 0.2) is 0 Å². The summed E-state index contributed by atoms with van der Waals surface area (Å²) in [6, 6.07) is 19.4. The van der Waals surface area contributed by atoms with Crippen LogP contribution in [0.5, 0.6) is 17.2 Å². The topological polar surface area (TPSA) is 110 Å². The van der Waals surface area contributed by atoms with Gasteiger partial charge in [0.25, 0.3) is 0 Å². The summed E-state index contributed by atoms with van der Waals surface area (Å²) < 4.78 is 26.7. The zero-order chi connectivity index (χ0) is 30.2. The standard InChI is InChI=1S/C32H28BrNO8/c1-3-30(35)40-19-17-38-26-11-5-23(6-12-26)9-16-32(37)42-29-15-10-25(21-28(29)33)34-22-24-7-13-27(14-8-24)39-18-20-41-31(36)4-2/h3-16,21-22H,1-2,17-20H2/b16-9+,34-22?. The second kappa shape index (κ2) is 17.0. The number of halogens is 1. The molecule has 0 atom stereocenters. The molecule has 216 valence electrons. The van der Waals surface area contributed by atoms with Crippen LogP contribution in [0.15, 0.2) is 108 Å². The second-order valence-corrected chi connectivity index (χ2v) is 9.06. The quantitative estimate of drug-likeness (QED) is 0.0655. The maximum atomic E-state index is 12.3. The van der Waals surface area contributed by atoms with Crippen molar-refractivity contribution in [1.29, 1.82) is 0 Å². The average Bonchev–Trinajstić information content (AvgIpc) is 3.01. The molecule has 0 heterocycles. The fourth-order valence-electron chi connectivity index (χ4n) is 3.16. The fourth-order valence-corrected chi connectivity index (χ4v) is 3.60. The number of hydrogen-bond acceptors (Lipinski definition) is 9. The van der Waals surface area contributed by atoms with Crippen LogP contribution in [0.4, 0.5) is 5.69 Å². The third-order valence-corrected chi connectivity index (χ3v) is 5.81. The van der Waals surface area contributed by atoms with Crippen LogP contribution in [0.2, 0.25) is 0 Å². The van der Waals surface area contributed by atoms with Gasteiger partial charge in [-0.3, -0.25) is 4.99 Å². The van der Waals surface area contributed by atoms with Gasteiger partial charge < -0.3 is 23.7 Å². The van der Waals surface area contributed by atoms with E-state index in [-0.39, 0.29) is 26.4 Å². The highest BCUT2D eigenvalue weighted by atomic mass is 79.9. The molecule has 0 saturated heterocycles. The summed E-state index contributed by atoms with van der Waals surface area (Å²) in [4.78, 5) is 38.8. The van der Waals surface area contributed by atoms with Crippen molar-refractivity contribution in [3.8, 4) is 17.2 Å². The maximum Gasteiger partial charge on any atom is 0.336 e. The van der Waals surface area contributed by atoms with Gasteiger partial charge in [-0.25, -0.2) is 14.4 Å². The molecule has 0 bridgehead atoms. The van der Waals surface area contributed by atoms with E-state index < -0.39 is 17.9 Å². The van der Waals surface area contributed by atoms with Crippen LogP contribution < -0.4 is 14.2 Å². The number of esters is 3. The predicted octanol–water partition coefficient (Wildman–Crippen LogP) is 6.03. The SMILES string of the molecule is C=CC(=O)OCCOc1ccc(C=Nc2ccc(OC(=O)/C=C/c3ccc(OCCOC(=O)C=C)cc3)c(Br)c2)cc1. The molecular formula is C32H28BrNO8. The molecule has 0 fully saturated rings. The molecule has 9 nitrogen and oxygen atoms in total. The number of hydrogen-bond donors (Lipinski definition) is 0. The van der Waals surface area contributed by atoms with Crippen LogP contribution >= 0.6 is 15.9 Å². The molecule has 0 saturated carbocycles.